The minimum Gasteiger partial charge on any atom is -0.481 e. The molecular weight excluding hydrogens is 178 g/mol. The molecule has 0 aromatic heterocycles. The predicted octanol–water partition coefficient (Wildman–Crippen LogP) is 1.80. The van der Waals surface area contributed by atoms with Crippen LogP contribution in [0.15, 0.2) is 12.2 Å². The third-order valence-corrected chi connectivity index (χ3v) is 2.84. The van der Waals surface area contributed by atoms with Crippen molar-refractivity contribution in [3.05, 3.63) is 12.2 Å². The number of carbonyl (C=O) groups is 1. The van der Waals surface area contributed by atoms with Crippen molar-refractivity contribution in [2.24, 2.45) is 5.92 Å². The van der Waals surface area contributed by atoms with E-state index in [4.69, 9.17) is 5.11 Å². The molecule has 1 fully saturated rings. The fourth-order valence-electron chi connectivity index (χ4n) is 1.90. The molecule has 0 aromatic carbocycles. The van der Waals surface area contributed by atoms with Crippen LogP contribution in [0.2, 0.25) is 0 Å². The van der Waals surface area contributed by atoms with Crippen molar-refractivity contribution in [3.63, 3.8) is 0 Å². The van der Waals surface area contributed by atoms with Crippen molar-refractivity contribution in [2.75, 3.05) is 6.54 Å². The van der Waals surface area contributed by atoms with Crippen molar-refractivity contribution in [1.82, 2.24) is 5.32 Å². The van der Waals surface area contributed by atoms with Crippen LogP contribution in [-0.2, 0) is 4.79 Å². The quantitative estimate of drug-likeness (QED) is 0.676. The van der Waals surface area contributed by atoms with E-state index >= 15 is 0 Å². The zero-order valence-electron chi connectivity index (χ0n) is 8.70. The Morgan fingerprint density at radius 2 is 2.07 bits per heavy atom. The van der Waals surface area contributed by atoms with E-state index < -0.39 is 5.97 Å². The molecule has 1 aliphatic rings. The highest BCUT2D eigenvalue weighted by molar-refractivity contribution is 5.70. The number of nitrogens with one attached hydrogen (secondary N) is 1. The third-order valence-electron chi connectivity index (χ3n) is 2.84. The smallest absolute Gasteiger partial charge is 0.306 e. The van der Waals surface area contributed by atoms with Gasteiger partial charge in [-0.05, 0) is 32.6 Å². The summed E-state index contributed by atoms with van der Waals surface area (Å²) in [5.74, 6) is -0.730. The van der Waals surface area contributed by atoms with Gasteiger partial charge in [0.1, 0.15) is 0 Å². The molecule has 3 heteroatoms. The minimum atomic E-state index is -0.628. The minimum absolute atomic E-state index is 0.102. The SMILES string of the molecule is C/C=C/CNC1CCC(C(=O)O)CC1. The van der Waals surface area contributed by atoms with E-state index in [1.165, 1.54) is 0 Å². The molecule has 0 aliphatic heterocycles. The van der Waals surface area contributed by atoms with E-state index in [0.717, 1.165) is 32.2 Å². The molecule has 1 rings (SSSR count). The normalized spacial score (nSPS) is 28.1. The second kappa shape index (κ2) is 5.81. The Morgan fingerprint density at radius 3 is 2.57 bits per heavy atom. The summed E-state index contributed by atoms with van der Waals surface area (Å²) in [4.78, 5) is 10.7. The van der Waals surface area contributed by atoms with E-state index in [1.807, 2.05) is 13.0 Å². The second-order valence-corrected chi connectivity index (χ2v) is 3.86. The van der Waals surface area contributed by atoms with Crippen LogP contribution in [0.25, 0.3) is 0 Å². The van der Waals surface area contributed by atoms with Gasteiger partial charge >= 0.3 is 5.97 Å². The lowest BCUT2D eigenvalue weighted by atomic mass is 9.86. The Morgan fingerprint density at radius 1 is 1.43 bits per heavy atom. The molecular formula is C11H19NO2. The molecule has 0 saturated heterocycles. The first kappa shape index (κ1) is 11.2. The molecule has 3 nitrogen and oxygen atoms in total. The first-order valence-corrected chi connectivity index (χ1v) is 5.31. The molecule has 2 N–H and O–H groups in total. The fraction of sp³-hybridized carbons (Fsp3) is 0.727. The molecule has 14 heavy (non-hydrogen) atoms. The maximum atomic E-state index is 10.7. The molecule has 80 valence electrons. The lowest BCUT2D eigenvalue weighted by Crippen LogP contribution is -2.34. The number of aliphatic carboxylic acids is 1. The van der Waals surface area contributed by atoms with Crippen molar-refractivity contribution in [2.45, 2.75) is 38.6 Å². The topological polar surface area (TPSA) is 49.3 Å². The molecule has 0 amide bonds. The van der Waals surface area contributed by atoms with Crippen LogP contribution in [0.4, 0.5) is 0 Å². The molecule has 1 aliphatic carbocycles. The molecule has 0 unspecified atom stereocenters. The van der Waals surface area contributed by atoms with E-state index in [1.54, 1.807) is 0 Å². The Balaban J connectivity index is 2.18. The summed E-state index contributed by atoms with van der Waals surface area (Å²) in [6, 6.07) is 0.516. The van der Waals surface area contributed by atoms with Crippen LogP contribution in [0.3, 0.4) is 0 Å². The van der Waals surface area contributed by atoms with Gasteiger partial charge in [0.05, 0.1) is 5.92 Å². The van der Waals surface area contributed by atoms with Crippen LogP contribution in [0, 0.1) is 5.92 Å². The average molecular weight is 197 g/mol. The van der Waals surface area contributed by atoms with Gasteiger partial charge in [0.2, 0.25) is 0 Å². The maximum absolute atomic E-state index is 10.7. The summed E-state index contributed by atoms with van der Waals surface area (Å²) < 4.78 is 0. The second-order valence-electron chi connectivity index (χ2n) is 3.86. The standard InChI is InChI=1S/C11H19NO2/c1-2-3-8-12-10-6-4-9(5-7-10)11(13)14/h2-3,9-10,12H,4-8H2,1H3,(H,13,14)/b3-2+. The van der Waals surface area contributed by atoms with Crippen LogP contribution < -0.4 is 5.32 Å². The van der Waals surface area contributed by atoms with Gasteiger partial charge in [0, 0.05) is 12.6 Å². The Hall–Kier alpha value is -0.830. The van der Waals surface area contributed by atoms with Gasteiger partial charge in [0.15, 0.2) is 0 Å². The van der Waals surface area contributed by atoms with Crippen molar-refractivity contribution in [1.29, 1.82) is 0 Å². The summed E-state index contributed by atoms with van der Waals surface area (Å²) in [5.41, 5.74) is 0. The van der Waals surface area contributed by atoms with E-state index in [-0.39, 0.29) is 5.92 Å². The summed E-state index contributed by atoms with van der Waals surface area (Å²) in [6.45, 7) is 2.90. The highest BCUT2D eigenvalue weighted by Gasteiger charge is 2.25. The predicted molar refractivity (Wildman–Crippen MR) is 56.2 cm³/mol. The Bertz CT molecular complexity index is 205. The number of hydrogen-bond donors (Lipinski definition) is 2. The number of rotatable bonds is 4. The van der Waals surface area contributed by atoms with Crippen molar-refractivity contribution >= 4 is 5.97 Å². The highest BCUT2D eigenvalue weighted by atomic mass is 16.4. The summed E-state index contributed by atoms with van der Waals surface area (Å²) >= 11 is 0. The molecule has 1 saturated carbocycles. The monoisotopic (exact) mass is 197 g/mol. The zero-order valence-corrected chi connectivity index (χ0v) is 8.70. The zero-order chi connectivity index (χ0) is 10.4. The van der Waals surface area contributed by atoms with Crippen LogP contribution in [-0.4, -0.2) is 23.7 Å². The van der Waals surface area contributed by atoms with Gasteiger partial charge in [-0.25, -0.2) is 0 Å². The van der Waals surface area contributed by atoms with Crippen LogP contribution in [0.1, 0.15) is 32.6 Å². The van der Waals surface area contributed by atoms with Gasteiger partial charge in [-0.3, -0.25) is 4.79 Å². The number of allylic oxidation sites excluding steroid dienone is 1. The summed E-state index contributed by atoms with van der Waals surface area (Å²) in [6.07, 6.45) is 7.74. The van der Waals surface area contributed by atoms with Crippen LogP contribution in [0.5, 0.6) is 0 Å². The maximum Gasteiger partial charge on any atom is 0.306 e. The lowest BCUT2D eigenvalue weighted by molar-refractivity contribution is -0.142. The molecule has 0 radical (unpaired) electrons. The van der Waals surface area contributed by atoms with Crippen molar-refractivity contribution in [3.8, 4) is 0 Å². The molecule has 0 bridgehead atoms. The average Bonchev–Trinajstić information content (AvgIpc) is 2.19. The van der Waals surface area contributed by atoms with Gasteiger partial charge in [-0.15, -0.1) is 0 Å². The number of hydrogen-bond acceptors (Lipinski definition) is 2. The van der Waals surface area contributed by atoms with Gasteiger partial charge in [0.25, 0.3) is 0 Å². The molecule has 0 aromatic rings. The van der Waals surface area contributed by atoms with Gasteiger partial charge in [-0.1, -0.05) is 12.2 Å². The first-order chi connectivity index (χ1) is 6.74. The van der Waals surface area contributed by atoms with Gasteiger partial charge in [-0.2, -0.15) is 0 Å². The molecule has 0 spiro atoms. The fourth-order valence-corrected chi connectivity index (χ4v) is 1.90. The third kappa shape index (κ3) is 3.50. The summed E-state index contributed by atoms with van der Waals surface area (Å²) in [5, 5.41) is 12.2. The van der Waals surface area contributed by atoms with E-state index in [0.29, 0.717) is 6.04 Å². The van der Waals surface area contributed by atoms with Gasteiger partial charge < -0.3 is 10.4 Å². The largest absolute Gasteiger partial charge is 0.481 e. The first-order valence-electron chi connectivity index (χ1n) is 5.31. The highest BCUT2D eigenvalue weighted by Crippen LogP contribution is 2.24. The number of carboxylic acids is 1. The molecule has 0 heterocycles. The number of carboxylic acid groups (broad SMARTS) is 1. The lowest BCUT2D eigenvalue weighted by Gasteiger charge is -2.26. The summed E-state index contributed by atoms with van der Waals surface area (Å²) in [7, 11) is 0. The Kier molecular flexibility index (Phi) is 4.66. The Labute approximate surface area is 85.2 Å². The molecule has 0 atom stereocenters. The van der Waals surface area contributed by atoms with Crippen molar-refractivity contribution < 1.29 is 9.90 Å². The van der Waals surface area contributed by atoms with E-state index in [9.17, 15) is 4.79 Å². The van der Waals surface area contributed by atoms with E-state index in [2.05, 4.69) is 11.4 Å². The van der Waals surface area contributed by atoms with Crippen LogP contribution >= 0.6 is 0 Å².